The van der Waals surface area contributed by atoms with Crippen molar-refractivity contribution in [3.8, 4) is 0 Å². The molecule has 0 atom stereocenters. The summed E-state index contributed by atoms with van der Waals surface area (Å²) in [6, 6.07) is 5.98. The Hall–Kier alpha value is -0.200. The van der Waals surface area contributed by atoms with Crippen LogP contribution in [-0.2, 0) is 0 Å². The summed E-state index contributed by atoms with van der Waals surface area (Å²) in [5.74, 6) is 2.91. The van der Waals surface area contributed by atoms with E-state index in [9.17, 15) is 0 Å². The van der Waals surface area contributed by atoms with Crippen molar-refractivity contribution in [2.45, 2.75) is 26.7 Å². The van der Waals surface area contributed by atoms with Gasteiger partial charge < -0.3 is 0 Å². The molecule has 0 nitrogen and oxygen atoms in total. The van der Waals surface area contributed by atoms with Crippen molar-refractivity contribution in [1.29, 1.82) is 0 Å². The highest BCUT2D eigenvalue weighted by Gasteiger charge is 2.34. The van der Waals surface area contributed by atoms with Crippen molar-refractivity contribution in [3.05, 3.63) is 39.7 Å². The molecule has 1 saturated carbocycles. The van der Waals surface area contributed by atoms with Crippen LogP contribution in [0.2, 0.25) is 10.0 Å². The fourth-order valence-electron chi connectivity index (χ4n) is 2.11. The van der Waals surface area contributed by atoms with Gasteiger partial charge in [0, 0.05) is 5.92 Å². The number of halogens is 2. The molecule has 81 valence electrons. The molecule has 1 aliphatic rings. The molecular formula is C13H15Cl2. The van der Waals surface area contributed by atoms with Crippen LogP contribution in [0, 0.1) is 17.8 Å². The minimum absolute atomic E-state index is 0.592. The molecule has 0 spiro atoms. The maximum atomic E-state index is 6.04. The molecular weight excluding hydrogens is 227 g/mol. The molecule has 1 aromatic rings. The van der Waals surface area contributed by atoms with E-state index in [1.165, 1.54) is 24.3 Å². The average Bonchev–Trinajstić information content (AvgIpc) is 2.95. The van der Waals surface area contributed by atoms with Crippen LogP contribution in [0.3, 0.4) is 0 Å². The summed E-state index contributed by atoms with van der Waals surface area (Å²) in [7, 11) is 0. The van der Waals surface area contributed by atoms with Gasteiger partial charge in [0.25, 0.3) is 0 Å². The Bertz CT molecular complexity index is 352. The maximum Gasteiger partial charge on any atom is 0.0595 e. The van der Waals surface area contributed by atoms with Gasteiger partial charge in [-0.25, -0.2) is 0 Å². The van der Waals surface area contributed by atoms with E-state index in [1.54, 1.807) is 0 Å². The fraction of sp³-hybridized carbons (Fsp3) is 0.462. The molecule has 0 unspecified atom stereocenters. The molecule has 0 aliphatic heterocycles. The predicted molar refractivity (Wildman–Crippen MR) is 66.4 cm³/mol. The van der Waals surface area contributed by atoms with E-state index in [1.807, 2.05) is 12.1 Å². The lowest BCUT2D eigenvalue weighted by atomic mass is 9.84. The summed E-state index contributed by atoms with van der Waals surface area (Å²) in [4.78, 5) is 0. The molecule has 1 fully saturated rings. The van der Waals surface area contributed by atoms with E-state index in [4.69, 9.17) is 23.2 Å². The lowest BCUT2D eigenvalue weighted by Gasteiger charge is -2.20. The first kappa shape index (κ1) is 11.3. The SMILES string of the molecule is CC(C)[C](c1ccc(Cl)c(Cl)c1)C1CC1. The first-order valence-corrected chi connectivity index (χ1v) is 6.17. The first-order valence-electron chi connectivity index (χ1n) is 5.41. The topological polar surface area (TPSA) is 0 Å². The maximum absolute atomic E-state index is 6.04. The highest BCUT2D eigenvalue weighted by atomic mass is 35.5. The largest absolute Gasteiger partial charge is 0.0827 e. The van der Waals surface area contributed by atoms with Crippen molar-refractivity contribution in [2.75, 3.05) is 0 Å². The molecule has 2 heteroatoms. The van der Waals surface area contributed by atoms with Crippen LogP contribution in [0.4, 0.5) is 0 Å². The normalized spacial score (nSPS) is 16.4. The summed E-state index contributed by atoms with van der Waals surface area (Å²) in [5, 5.41) is 1.30. The van der Waals surface area contributed by atoms with Gasteiger partial charge in [0.15, 0.2) is 0 Å². The van der Waals surface area contributed by atoms with E-state index in [2.05, 4.69) is 19.9 Å². The van der Waals surface area contributed by atoms with Gasteiger partial charge in [0.05, 0.1) is 10.0 Å². The average molecular weight is 242 g/mol. The van der Waals surface area contributed by atoms with Crippen molar-refractivity contribution < 1.29 is 0 Å². The zero-order valence-corrected chi connectivity index (χ0v) is 10.6. The van der Waals surface area contributed by atoms with E-state index in [-0.39, 0.29) is 0 Å². The standard InChI is InChI=1S/C13H15Cl2/c1-8(2)13(9-3-4-9)10-5-6-11(14)12(15)7-10/h5-9H,3-4H2,1-2H3. The lowest BCUT2D eigenvalue weighted by molar-refractivity contribution is 0.615. The van der Waals surface area contributed by atoms with E-state index in [0.717, 1.165) is 5.92 Å². The minimum atomic E-state index is 0.592. The number of benzene rings is 1. The summed E-state index contributed by atoms with van der Waals surface area (Å²) >= 11 is 12.0. The zero-order chi connectivity index (χ0) is 11.0. The molecule has 1 aromatic carbocycles. The number of rotatable bonds is 3. The molecule has 0 amide bonds. The second kappa shape index (κ2) is 4.35. The van der Waals surface area contributed by atoms with Gasteiger partial charge >= 0.3 is 0 Å². The Morgan fingerprint density at radius 2 is 1.87 bits per heavy atom. The van der Waals surface area contributed by atoms with Gasteiger partial charge in [-0.15, -0.1) is 0 Å². The number of hydrogen-bond donors (Lipinski definition) is 0. The van der Waals surface area contributed by atoms with Gasteiger partial charge in [-0.2, -0.15) is 0 Å². The van der Waals surface area contributed by atoms with E-state index >= 15 is 0 Å². The summed E-state index contributed by atoms with van der Waals surface area (Å²) < 4.78 is 0. The van der Waals surface area contributed by atoms with Crippen molar-refractivity contribution in [3.63, 3.8) is 0 Å². The fourth-order valence-corrected chi connectivity index (χ4v) is 2.41. The molecule has 0 saturated heterocycles. The Labute approximate surface area is 102 Å². The van der Waals surface area contributed by atoms with Crippen LogP contribution in [-0.4, -0.2) is 0 Å². The Balaban J connectivity index is 2.29. The highest BCUT2D eigenvalue weighted by Crippen LogP contribution is 2.46. The van der Waals surface area contributed by atoms with Crippen LogP contribution in [0.25, 0.3) is 0 Å². The van der Waals surface area contributed by atoms with Gasteiger partial charge in [0.2, 0.25) is 0 Å². The quantitative estimate of drug-likeness (QED) is 0.701. The van der Waals surface area contributed by atoms with Gasteiger partial charge in [-0.05, 0) is 42.4 Å². The monoisotopic (exact) mass is 241 g/mol. The van der Waals surface area contributed by atoms with Crippen LogP contribution >= 0.6 is 23.2 Å². The summed E-state index contributed by atoms with van der Waals surface area (Å²) in [6.07, 6.45) is 2.65. The Kier molecular flexibility index (Phi) is 3.27. The lowest BCUT2D eigenvalue weighted by Crippen LogP contribution is -2.10. The smallest absolute Gasteiger partial charge is 0.0595 e. The van der Waals surface area contributed by atoms with Crippen molar-refractivity contribution in [1.82, 2.24) is 0 Å². The van der Waals surface area contributed by atoms with E-state index < -0.39 is 0 Å². The second-order valence-corrected chi connectivity index (χ2v) is 5.33. The molecule has 0 aromatic heterocycles. The van der Waals surface area contributed by atoms with Crippen LogP contribution in [0.5, 0.6) is 0 Å². The summed E-state index contributed by atoms with van der Waals surface area (Å²) in [5.41, 5.74) is 1.27. The molecule has 1 aliphatic carbocycles. The third-order valence-corrected chi connectivity index (χ3v) is 3.63. The second-order valence-electron chi connectivity index (χ2n) is 4.51. The highest BCUT2D eigenvalue weighted by molar-refractivity contribution is 6.42. The van der Waals surface area contributed by atoms with Crippen LogP contribution in [0.15, 0.2) is 18.2 Å². The van der Waals surface area contributed by atoms with Crippen molar-refractivity contribution >= 4 is 23.2 Å². The van der Waals surface area contributed by atoms with Gasteiger partial charge in [-0.3, -0.25) is 0 Å². The molecule has 0 N–H and O–H groups in total. The Morgan fingerprint density at radius 1 is 1.20 bits per heavy atom. The molecule has 0 bridgehead atoms. The zero-order valence-electron chi connectivity index (χ0n) is 9.06. The predicted octanol–water partition coefficient (Wildman–Crippen LogP) is 4.98. The molecule has 2 rings (SSSR count). The molecule has 15 heavy (non-hydrogen) atoms. The third kappa shape index (κ3) is 2.49. The van der Waals surface area contributed by atoms with Crippen molar-refractivity contribution in [2.24, 2.45) is 11.8 Å². The minimum Gasteiger partial charge on any atom is -0.0827 e. The van der Waals surface area contributed by atoms with Gasteiger partial charge in [0.1, 0.15) is 0 Å². The number of hydrogen-bond acceptors (Lipinski definition) is 0. The van der Waals surface area contributed by atoms with Crippen LogP contribution < -0.4 is 0 Å². The van der Waals surface area contributed by atoms with Crippen LogP contribution in [0.1, 0.15) is 32.3 Å². The first-order chi connectivity index (χ1) is 7.09. The van der Waals surface area contributed by atoms with E-state index in [0.29, 0.717) is 16.0 Å². The molecule has 0 heterocycles. The third-order valence-electron chi connectivity index (χ3n) is 2.89. The molecule has 1 radical (unpaired) electrons. The van der Waals surface area contributed by atoms with Gasteiger partial charge in [-0.1, -0.05) is 43.1 Å². The Morgan fingerprint density at radius 3 is 2.33 bits per heavy atom. The summed E-state index contributed by atoms with van der Waals surface area (Å²) in [6.45, 7) is 4.49.